The Labute approximate surface area is 128 Å². The third-order valence-corrected chi connectivity index (χ3v) is 3.80. The zero-order valence-electron chi connectivity index (χ0n) is 13.8. The number of anilines is 1. The molecule has 2 aromatic rings. The van der Waals surface area contributed by atoms with Crippen molar-refractivity contribution in [2.24, 2.45) is 0 Å². The summed E-state index contributed by atoms with van der Waals surface area (Å²) < 4.78 is 0. The van der Waals surface area contributed by atoms with Crippen molar-refractivity contribution >= 4 is 5.69 Å². The SMILES string of the molecule is Cc1ccc(CNc2ccc(C(C)C)cc2C(C)C)nc1. The fourth-order valence-electron chi connectivity index (χ4n) is 2.37. The number of aryl methyl sites for hydroxylation is 1. The minimum absolute atomic E-state index is 0.511. The van der Waals surface area contributed by atoms with Gasteiger partial charge in [-0.2, -0.15) is 0 Å². The van der Waals surface area contributed by atoms with Crippen LogP contribution in [0.4, 0.5) is 5.69 Å². The second-order valence-electron chi connectivity index (χ2n) is 6.34. The molecule has 0 unspecified atom stereocenters. The van der Waals surface area contributed by atoms with Crippen molar-refractivity contribution in [1.82, 2.24) is 4.98 Å². The van der Waals surface area contributed by atoms with Crippen molar-refractivity contribution in [3.8, 4) is 0 Å². The number of pyridine rings is 1. The number of aromatic nitrogens is 1. The Bertz CT molecular complexity index is 583. The van der Waals surface area contributed by atoms with Gasteiger partial charge in [0.15, 0.2) is 0 Å². The highest BCUT2D eigenvalue weighted by Gasteiger charge is 2.09. The molecule has 0 aliphatic carbocycles. The van der Waals surface area contributed by atoms with Gasteiger partial charge in [-0.3, -0.25) is 4.98 Å². The summed E-state index contributed by atoms with van der Waals surface area (Å²) in [6, 6.07) is 11.0. The summed E-state index contributed by atoms with van der Waals surface area (Å²) in [7, 11) is 0. The maximum absolute atomic E-state index is 4.45. The highest BCUT2D eigenvalue weighted by molar-refractivity contribution is 5.54. The predicted molar refractivity (Wildman–Crippen MR) is 90.9 cm³/mol. The van der Waals surface area contributed by atoms with E-state index in [0.29, 0.717) is 11.8 Å². The van der Waals surface area contributed by atoms with E-state index >= 15 is 0 Å². The monoisotopic (exact) mass is 282 g/mol. The lowest BCUT2D eigenvalue weighted by atomic mass is 9.94. The van der Waals surface area contributed by atoms with E-state index in [2.05, 4.69) is 75.3 Å². The van der Waals surface area contributed by atoms with Gasteiger partial charge in [0.25, 0.3) is 0 Å². The van der Waals surface area contributed by atoms with Crippen LogP contribution < -0.4 is 5.32 Å². The van der Waals surface area contributed by atoms with Gasteiger partial charge in [0.1, 0.15) is 0 Å². The molecule has 112 valence electrons. The Hall–Kier alpha value is -1.83. The van der Waals surface area contributed by atoms with E-state index in [1.165, 1.54) is 22.4 Å². The second kappa shape index (κ2) is 6.75. The second-order valence-corrected chi connectivity index (χ2v) is 6.34. The van der Waals surface area contributed by atoms with Crippen LogP contribution in [0.2, 0.25) is 0 Å². The molecule has 2 nitrogen and oxygen atoms in total. The van der Waals surface area contributed by atoms with Gasteiger partial charge in [-0.15, -0.1) is 0 Å². The lowest BCUT2D eigenvalue weighted by molar-refractivity contribution is 0.833. The molecule has 0 saturated carbocycles. The van der Waals surface area contributed by atoms with Crippen molar-refractivity contribution in [1.29, 1.82) is 0 Å². The van der Waals surface area contributed by atoms with E-state index < -0.39 is 0 Å². The number of hydrogen-bond donors (Lipinski definition) is 1. The highest BCUT2D eigenvalue weighted by atomic mass is 14.9. The highest BCUT2D eigenvalue weighted by Crippen LogP contribution is 2.28. The summed E-state index contributed by atoms with van der Waals surface area (Å²) in [6.07, 6.45) is 1.92. The molecule has 21 heavy (non-hydrogen) atoms. The standard InChI is InChI=1S/C19H26N2/c1-13(2)16-7-9-19(18(10-16)14(3)4)21-12-17-8-6-15(5)11-20-17/h6-11,13-14,21H,12H2,1-5H3. The fraction of sp³-hybridized carbons (Fsp3) is 0.421. The van der Waals surface area contributed by atoms with Crippen LogP contribution in [0.15, 0.2) is 36.5 Å². The predicted octanol–water partition coefficient (Wildman–Crippen LogP) is 5.25. The maximum Gasteiger partial charge on any atom is 0.0594 e. The van der Waals surface area contributed by atoms with E-state index in [0.717, 1.165) is 12.2 Å². The summed E-state index contributed by atoms with van der Waals surface area (Å²) in [6.45, 7) is 11.8. The van der Waals surface area contributed by atoms with Crippen molar-refractivity contribution < 1.29 is 0 Å². The van der Waals surface area contributed by atoms with Crippen LogP contribution >= 0.6 is 0 Å². The van der Waals surface area contributed by atoms with Gasteiger partial charge in [-0.05, 0) is 47.6 Å². The van der Waals surface area contributed by atoms with Crippen molar-refractivity contribution in [2.75, 3.05) is 5.32 Å². The minimum atomic E-state index is 0.511. The van der Waals surface area contributed by atoms with Gasteiger partial charge < -0.3 is 5.32 Å². The molecule has 0 aliphatic rings. The van der Waals surface area contributed by atoms with Crippen molar-refractivity contribution in [3.05, 3.63) is 58.9 Å². The Morgan fingerprint density at radius 2 is 1.76 bits per heavy atom. The third kappa shape index (κ3) is 4.07. The van der Waals surface area contributed by atoms with E-state index in [9.17, 15) is 0 Å². The molecule has 0 spiro atoms. The third-order valence-electron chi connectivity index (χ3n) is 3.80. The lowest BCUT2D eigenvalue weighted by Crippen LogP contribution is -2.06. The molecule has 0 saturated heterocycles. The van der Waals surface area contributed by atoms with Crippen LogP contribution in [-0.4, -0.2) is 4.98 Å². The molecular weight excluding hydrogens is 256 g/mol. The number of benzene rings is 1. The van der Waals surface area contributed by atoms with Gasteiger partial charge in [-0.25, -0.2) is 0 Å². The van der Waals surface area contributed by atoms with Crippen LogP contribution in [0.3, 0.4) is 0 Å². The van der Waals surface area contributed by atoms with Crippen LogP contribution in [-0.2, 0) is 6.54 Å². The zero-order valence-corrected chi connectivity index (χ0v) is 13.8. The topological polar surface area (TPSA) is 24.9 Å². The van der Waals surface area contributed by atoms with E-state index in [-0.39, 0.29) is 0 Å². The molecule has 2 heteroatoms. The van der Waals surface area contributed by atoms with Gasteiger partial charge in [0.05, 0.1) is 12.2 Å². The summed E-state index contributed by atoms with van der Waals surface area (Å²) in [5, 5.41) is 3.53. The summed E-state index contributed by atoms with van der Waals surface area (Å²) >= 11 is 0. The molecule has 0 aliphatic heterocycles. The maximum atomic E-state index is 4.45. The number of nitrogens with one attached hydrogen (secondary N) is 1. The van der Waals surface area contributed by atoms with Gasteiger partial charge in [0, 0.05) is 11.9 Å². The molecule has 1 heterocycles. The molecule has 0 bridgehead atoms. The average molecular weight is 282 g/mol. The van der Waals surface area contributed by atoms with Crippen LogP contribution in [0, 0.1) is 6.92 Å². The molecule has 1 aromatic carbocycles. The smallest absolute Gasteiger partial charge is 0.0594 e. The molecule has 2 rings (SSSR count). The normalized spacial score (nSPS) is 11.2. The average Bonchev–Trinajstić information content (AvgIpc) is 2.46. The number of nitrogens with zero attached hydrogens (tertiary/aromatic N) is 1. The Morgan fingerprint density at radius 3 is 2.33 bits per heavy atom. The summed E-state index contributed by atoms with van der Waals surface area (Å²) in [4.78, 5) is 4.45. The molecule has 1 N–H and O–H groups in total. The Morgan fingerprint density at radius 1 is 1.00 bits per heavy atom. The summed E-state index contributed by atoms with van der Waals surface area (Å²) in [5.41, 5.74) is 6.27. The lowest BCUT2D eigenvalue weighted by Gasteiger charge is -2.17. The van der Waals surface area contributed by atoms with Crippen LogP contribution in [0.1, 0.15) is 61.9 Å². The molecule has 0 atom stereocenters. The largest absolute Gasteiger partial charge is 0.379 e. The first kappa shape index (κ1) is 15.6. The minimum Gasteiger partial charge on any atom is -0.379 e. The Balaban J connectivity index is 2.17. The first-order valence-electron chi connectivity index (χ1n) is 7.76. The van der Waals surface area contributed by atoms with Gasteiger partial charge in [-0.1, -0.05) is 45.9 Å². The van der Waals surface area contributed by atoms with E-state index in [1.807, 2.05) is 6.20 Å². The first-order chi connectivity index (χ1) is 9.97. The molecule has 0 amide bonds. The summed E-state index contributed by atoms with van der Waals surface area (Å²) in [5.74, 6) is 1.08. The molecule has 1 aromatic heterocycles. The number of rotatable bonds is 5. The van der Waals surface area contributed by atoms with Gasteiger partial charge in [0.2, 0.25) is 0 Å². The molecule has 0 fully saturated rings. The quantitative estimate of drug-likeness (QED) is 0.810. The first-order valence-corrected chi connectivity index (χ1v) is 7.76. The molecule has 0 radical (unpaired) electrons. The van der Waals surface area contributed by atoms with E-state index in [4.69, 9.17) is 0 Å². The Kier molecular flexibility index (Phi) is 5.00. The number of hydrogen-bond acceptors (Lipinski definition) is 2. The van der Waals surface area contributed by atoms with Crippen LogP contribution in [0.25, 0.3) is 0 Å². The van der Waals surface area contributed by atoms with Gasteiger partial charge >= 0.3 is 0 Å². The van der Waals surface area contributed by atoms with Crippen LogP contribution in [0.5, 0.6) is 0 Å². The van der Waals surface area contributed by atoms with E-state index in [1.54, 1.807) is 0 Å². The zero-order chi connectivity index (χ0) is 15.4. The fourth-order valence-corrected chi connectivity index (χ4v) is 2.37. The molecular formula is C19H26N2. The van der Waals surface area contributed by atoms with Crippen molar-refractivity contribution in [3.63, 3.8) is 0 Å². The van der Waals surface area contributed by atoms with Crippen molar-refractivity contribution in [2.45, 2.75) is 53.0 Å².